The van der Waals surface area contributed by atoms with E-state index < -0.39 is 20.7 Å². The van der Waals surface area contributed by atoms with Crippen LogP contribution in [0, 0.1) is 5.82 Å². The van der Waals surface area contributed by atoms with Gasteiger partial charge in [0.1, 0.15) is 22.6 Å². The third-order valence-corrected chi connectivity index (χ3v) is 8.15. The van der Waals surface area contributed by atoms with Crippen LogP contribution in [0.15, 0.2) is 71.6 Å². The molecule has 10 heteroatoms. The summed E-state index contributed by atoms with van der Waals surface area (Å²) in [5.41, 5.74) is 1.24. The van der Waals surface area contributed by atoms with E-state index in [0.717, 1.165) is 55.8 Å². The molecule has 1 aromatic heterocycles. The van der Waals surface area contributed by atoms with Gasteiger partial charge in [-0.3, -0.25) is 9.62 Å². The highest BCUT2D eigenvalue weighted by atomic mass is 35.5. The zero-order valence-corrected chi connectivity index (χ0v) is 20.8. The molecular formula is C24H25ClFN3O3S2. The lowest BCUT2D eigenvalue weighted by Gasteiger charge is -2.39. The van der Waals surface area contributed by atoms with E-state index in [0.29, 0.717) is 0 Å². The Labute approximate surface area is 208 Å². The van der Waals surface area contributed by atoms with Crippen molar-refractivity contribution in [3.63, 3.8) is 0 Å². The summed E-state index contributed by atoms with van der Waals surface area (Å²) in [6.07, 6.45) is 5.44. The van der Waals surface area contributed by atoms with Crippen molar-refractivity contribution in [2.75, 3.05) is 11.3 Å². The van der Waals surface area contributed by atoms with Crippen molar-refractivity contribution in [1.29, 1.82) is 0 Å². The van der Waals surface area contributed by atoms with E-state index in [4.69, 9.17) is 16.3 Å². The molecule has 4 rings (SSSR count). The molecule has 1 saturated heterocycles. The highest BCUT2D eigenvalue weighted by molar-refractivity contribution is 7.93. The van der Waals surface area contributed by atoms with Crippen LogP contribution >= 0.6 is 22.9 Å². The fourth-order valence-electron chi connectivity index (χ4n) is 4.06. The molecule has 2 heterocycles. The standard InChI is InChI=1S/C24H25ClFN3O3S2/c1-2-6-18-13-19(9-11-29(18)16-17-7-4-3-5-8-17)32-22-15-21(26)23(14-20(22)25)34(30,31)28-24-27-10-12-33-24/h2-5,7-8,10,12,14-15,18-19H,1,6,9,11,13,16H2,(H,27,28)/t18-,19+/m0/s1. The molecule has 0 amide bonds. The lowest BCUT2D eigenvalue weighted by Crippen LogP contribution is -2.45. The highest BCUT2D eigenvalue weighted by Crippen LogP contribution is 2.34. The first-order valence-electron chi connectivity index (χ1n) is 10.8. The fourth-order valence-corrected chi connectivity index (χ4v) is 6.21. The second kappa shape index (κ2) is 10.9. The quantitative estimate of drug-likeness (QED) is 0.364. The van der Waals surface area contributed by atoms with Gasteiger partial charge in [0, 0.05) is 43.2 Å². The molecule has 2 atom stereocenters. The number of piperidine rings is 1. The van der Waals surface area contributed by atoms with Crippen molar-refractivity contribution in [2.24, 2.45) is 0 Å². The zero-order valence-electron chi connectivity index (χ0n) is 18.4. The van der Waals surface area contributed by atoms with Gasteiger partial charge >= 0.3 is 0 Å². The molecule has 1 aliphatic rings. The maximum absolute atomic E-state index is 14.8. The van der Waals surface area contributed by atoms with Crippen LogP contribution in [0.3, 0.4) is 0 Å². The largest absolute Gasteiger partial charge is 0.489 e. The Hall–Kier alpha value is -2.46. The number of thiazole rings is 1. The molecule has 0 bridgehead atoms. The maximum Gasteiger partial charge on any atom is 0.266 e. The molecule has 2 aromatic carbocycles. The third kappa shape index (κ3) is 5.96. The van der Waals surface area contributed by atoms with Crippen LogP contribution in [0.5, 0.6) is 5.75 Å². The minimum absolute atomic E-state index is 0.0351. The molecule has 1 N–H and O–H groups in total. The Morgan fingerprint density at radius 3 is 2.82 bits per heavy atom. The zero-order chi connectivity index (χ0) is 24.1. The Morgan fingerprint density at radius 2 is 2.12 bits per heavy atom. The van der Waals surface area contributed by atoms with Gasteiger partial charge in [0.2, 0.25) is 0 Å². The first-order chi connectivity index (χ1) is 16.4. The first kappa shape index (κ1) is 24.7. The number of hydrogen-bond donors (Lipinski definition) is 1. The number of sulfonamides is 1. The van der Waals surface area contributed by atoms with Crippen molar-refractivity contribution in [3.05, 3.63) is 83.1 Å². The van der Waals surface area contributed by atoms with Gasteiger partial charge in [0.15, 0.2) is 5.13 Å². The van der Waals surface area contributed by atoms with Gasteiger partial charge < -0.3 is 4.74 Å². The molecule has 180 valence electrons. The molecule has 34 heavy (non-hydrogen) atoms. The minimum atomic E-state index is -4.17. The molecular weight excluding hydrogens is 497 g/mol. The van der Waals surface area contributed by atoms with Crippen molar-refractivity contribution < 1.29 is 17.5 Å². The van der Waals surface area contributed by atoms with Gasteiger partial charge in [0.25, 0.3) is 10.0 Å². The number of ether oxygens (including phenoxy) is 1. The predicted octanol–water partition coefficient (Wildman–Crippen LogP) is 5.72. The van der Waals surface area contributed by atoms with Crippen LogP contribution in [0.25, 0.3) is 0 Å². The number of aromatic nitrogens is 1. The van der Waals surface area contributed by atoms with E-state index in [1.165, 1.54) is 11.8 Å². The third-order valence-electron chi connectivity index (χ3n) is 5.68. The van der Waals surface area contributed by atoms with Crippen LogP contribution in [0.4, 0.5) is 9.52 Å². The van der Waals surface area contributed by atoms with Crippen molar-refractivity contribution in [3.8, 4) is 5.75 Å². The summed E-state index contributed by atoms with van der Waals surface area (Å²) in [5.74, 6) is -0.807. The Morgan fingerprint density at radius 1 is 1.32 bits per heavy atom. The summed E-state index contributed by atoms with van der Waals surface area (Å²) in [4.78, 5) is 5.71. The van der Waals surface area contributed by atoms with Crippen LogP contribution in [0.1, 0.15) is 24.8 Å². The second-order valence-corrected chi connectivity index (χ2v) is 11.0. The molecule has 0 radical (unpaired) electrons. The summed E-state index contributed by atoms with van der Waals surface area (Å²) in [6.45, 7) is 5.53. The summed E-state index contributed by atoms with van der Waals surface area (Å²) >= 11 is 7.41. The van der Waals surface area contributed by atoms with Crippen molar-refractivity contribution >= 4 is 38.1 Å². The van der Waals surface area contributed by atoms with Crippen molar-refractivity contribution in [2.45, 2.75) is 42.8 Å². The van der Waals surface area contributed by atoms with Crippen LogP contribution < -0.4 is 9.46 Å². The predicted molar refractivity (Wildman–Crippen MR) is 133 cm³/mol. The molecule has 0 unspecified atom stereocenters. The van der Waals surface area contributed by atoms with Gasteiger partial charge in [-0.15, -0.1) is 17.9 Å². The first-order valence-corrected chi connectivity index (χ1v) is 13.6. The van der Waals surface area contributed by atoms with E-state index in [1.54, 1.807) is 5.38 Å². The number of hydrogen-bond acceptors (Lipinski definition) is 6. The Balaban J connectivity index is 1.46. The monoisotopic (exact) mass is 521 g/mol. The van der Waals surface area contributed by atoms with Crippen LogP contribution in [0.2, 0.25) is 5.02 Å². The van der Waals surface area contributed by atoms with Gasteiger partial charge in [-0.1, -0.05) is 48.0 Å². The average molecular weight is 522 g/mol. The smallest absolute Gasteiger partial charge is 0.266 e. The van der Waals surface area contributed by atoms with Crippen LogP contribution in [-0.2, 0) is 16.6 Å². The second-order valence-electron chi connectivity index (χ2n) is 8.05. The van der Waals surface area contributed by atoms with E-state index in [9.17, 15) is 12.8 Å². The molecule has 1 fully saturated rings. The SMILES string of the molecule is C=CC[C@H]1C[C@H](Oc2cc(F)c(S(=O)(=O)Nc3nccs3)cc2Cl)CCN1Cc1ccccc1. The summed E-state index contributed by atoms with van der Waals surface area (Å²) in [7, 11) is -4.17. The molecule has 0 saturated carbocycles. The molecule has 3 aromatic rings. The average Bonchev–Trinajstić information content (AvgIpc) is 3.31. The number of nitrogens with zero attached hydrogens (tertiary/aromatic N) is 2. The number of nitrogens with one attached hydrogen (secondary N) is 1. The normalized spacial score (nSPS) is 19.0. The Bertz CT molecular complexity index is 1220. The summed E-state index contributed by atoms with van der Waals surface area (Å²) in [6, 6.07) is 12.6. The van der Waals surface area contributed by atoms with Gasteiger partial charge in [-0.2, -0.15) is 0 Å². The molecule has 1 aliphatic heterocycles. The molecule has 6 nitrogen and oxygen atoms in total. The summed E-state index contributed by atoms with van der Waals surface area (Å²) < 4.78 is 48.3. The van der Waals surface area contributed by atoms with Crippen molar-refractivity contribution in [1.82, 2.24) is 9.88 Å². The maximum atomic E-state index is 14.8. The van der Waals surface area contributed by atoms with E-state index in [-0.39, 0.29) is 28.0 Å². The summed E-state index contributed by atoms with van der Waals surface area (Å²) in [5, 5.41) is 1.79. The minimum Gasteiger partial charge on any atom is -0.489 e. The van der Waals surface area contributed by atoms with Crippen LogP contribution in [-0.4, -0.2) is 37.0 Å². The number of benzene rings is 2. The highest BCUT2D eigenvalue weighted by Gasteiger charge is 2.30. The molecule has 0 spiro atoms. The number of halogens is 2. The number of likely N-dealkylation sites (tertiary alicyclic amines) is 1. The van der Waals surface area contributed by atoms with Gasteiger partial charge in [0.05, 0.1) is 5.02 Å². The fraction of sp³-hybridized carbons (Fsp3) is 0.292. The Kier molecular flexibility index (Phi) is 7.88. The van der Waals surface area contributed by atoms with E-state index in [2.05, 4.69) is 33.3 Å². The topological polar surface area (TPSA) is 71.5 Å². The number of rotatable bonds is 9. The lowest BCUT2D eigenvalue weighted by atomic mass is 9.96. The van der Waals surface area contributed by atoms with E-state index in [1.807, 2.05) is 24.3 Å². The number of anilines is 1. The van der Waals surface area contributed by atoms with Gasteiger partial charge in [-0.25, -0.2) is 17.8 Å². The lowest BCUT2D eigenvalue weighted by molar-refractivity contribution is 0.0519. The van der Waals surface area contributed by atoms with Gasteiger partial charge in [-0.05, 0) is 24.5 Å². The molecule has 0 aliphatic carbocycles. The van der Waals surface area contributed by atoms with E-state index >= 15 is 0 Å².